The Morgan fingerprint density at radius 1 is 0.906 bits per heavy atom. The average molecular weight is 523 g/mol. The molecule has 0 saturated carbocycles. The van der Waals surface area contributed by atoms with Crippen LogP contribution in [0.15, 0.2) is 114 Å². The summed E-state index contributed by atoms with van der Waals surface area (Å²) in [7, 11) is 1.52. The number of rotatable bonds is 7. The molecular formula is C25H19BrN2O2S2. The summed E-state index contributed by atoms with van der Waals surface area (Å²) in [6, 6.07) is 27.6. The lowest BCUT2D eigenvalue weighted by atomic mass is 10.2. The van der Waals surface area contributed by atoms with E-state index in [-0.39, 0.29) is 5.75 Å². The number of hydrogen-bond donors (Lipinski definition) is 1. The van der Waals surface area contributed by atoms with Crippen LogP contribution in [0.3, 0.4) is 0 Å². The molecule has 0 fully saturated rings. The van der Waals surface area contributed by atoms with Crippen molar-refractivity contribution in [3.05, 3.63) is 95.0 Å². The van der Waals surface area contributed by atoms with E-state index in [9.17, 15) is 5.11 Å². The smallest absolute Gasteiger partial charge is 0.166 e. The summed E-state index contributed by atoms with van der Waals surface area (Å²) in [6.45, 7) is 0. The molecule has 1 N–H and O–H groups in total. The van der Waals surface area contributed by atoms with E-state index < -0.39 is 0 Å². The van der Waals surface area contributed by atoms with Crippen LogP contribution in [0.2, 0.25) is 0 Å². The molecule has 0 bridgehead atoms. The highest BCUT2D eigenvalue weighted by molar-refractivity contribution is 9.10. The van der Waals surface area contributed by atoms with E-state index in [2.05, 4.69) is 33.1 Å². The molecule has 4 aromatic rings. The van der Waals surface area contributed by atoms with Crippen LogP contribution >= 0.6 is 39.5 Å². The van der Waals surface area contributed by atoms with Crippen LogP contribution in [0.4, 0.5) is 5.69 Å². The first kappa shape index (κ1) is 22.5. The van der Waals surface area contributed by atoms with Gasteiger partial charge in [-0.05, 0) is 48.5 Å². The molecule has 1 heterocycles. The molecule has 7 heteroatoms. The predicted octanol–water partition coefficient (Wildman–Crippen LogP) is 7.61. The quantitative estimate of drug-likeness (QED) is 0.253. The lowest BCUT2D eigenvalue weighted by Crippen LogP contribution is -1.90. The Hall–Kier alpha value is -2.74. The van der Waals surface area contributed by atoms with Gasteiger partial charge in [-0.2, -0.15) is 0 Å². The van der Waals surface area contributed by atoms with Gasteiger partial charge in [0.1, 0.15) is 10.1 Å². The van der Waals surface area contributed by atoms with Gasteiger partial charge in [-0.3, -0.25) is 4.99 Å². The monoisotopic (exact) mass is 522 g/mol. The number of aliphatic imine (C=N–C) groups is 1. The Bertz CT molecular complexity index is 1240. The van der Waals surface area contributed by atoms with Crippen LogP contribution in [0, 0.1) is 0 Å². The minimum atomic E-state index is 0.0425. The first-order valence-corrected chi connectivity index (χ1v) is 12.1. The molecule has 0 amide bonds. The van der Waals surface area contributed by atoms with Crippen molar-refractivity contribution in [1.82, 2.24) is 4.98 Å². The second kappa shape index (κ2) is 10.7. The normalized spacial score (nSPS) is 11.1. The molecule has 0 spiro atoms. The SMILES string of the molecule is COc1cc(Br)cc(C=Nc2ccc(Sc3ccccc3)nc2Sc2ccccc2)c1O. The standard InChI is InChI=1S/C25H19BrN2O2S2/c1-30-22-15-18(26)14-17(24(22)29)16-27-21-12-13-23(31-19-8-4-2-5-9-19)28-25(21)32-20-10-6-3-7-11-20/h2-16,29H,1H3. The van der Waals surface area contributed by atoms with E-state index >= 15 is 0 Å². The summed E-state index contributed by atoms with van der Waals surface area (Å²) in [5.74, 6) is 0.424. The topological polar surface area (TPSA) is 54.7 Å². The molecule has 0 radical (unpaired) electrons. The second-order valence-electron chi connectivity index (χ2n) is 6.61. The average Bonchev–Trinajstić information content (AvgIpc) is 2.81. The number of nitrogens with zero attached hydrogens (tertiary/aromatic N) is 2. The fourth-order valence-electron chi connectivity index (χ4n) is 2.84. The van der Waals surface area contributed by atoms with E-state index in [0.29, 0.717) is 11.3 Å². The van der Waals surface area contributed by atoms with Crippen molar-refractivity contribution in [2.75, 3.05) is 7.11 Å². The van der Waals surface area contributed by atoms with Crippen LogP contribution in [0.1, 0.15) is 5.56 Å². The summed E-state index contributed by atoms with van der Waals surface area (Å²) < 4.78 is 6.02. The van der Waals surface area contributed by atoms with Gasteiger partial charge in [-0.1, -0.05) is 75.9 Å². The molecule has 4 nitrogen and oxygen atoms in total. The van der Waals surface area contributed by atoms with Crippen LogP contribution in [-0.4, -0.2) is 23.4 Å². The van der Waals surface area contributed by atoms with Crippen molar-refractivity contribution in [2.24, 2.45) is 4.99 Å². The third-order valence-electron chi connectivity index (χ3n) is 4.37. The molecule has 1 aromatic heterocycles. The van der Waals surface area contributed by atoms with Crippen LogP contribution in [0.5, 0.6) is 11.5 Å². The van der Waals surface area contributed by atoms with E-state index in [0.717, 1.165) is 30.0 Å². The van der Waals surface area contributed by atoms with Gasteiger partial charge in [0.2, 0.25) is 0 Å². The largest absolute Gasteiger partial charge is 0.504 e. The van der Waals surface area contributed by atoms with Gasteiger partial charge in [0, 0.05) is 26.0 Å². The van der Waals surface area contributed by atoms with Crippen molar-refractivity contribution < 1.29 is 9.84 Å². The van der Waals surface area contributed by atoms with Gasteiger partial charge in [0.15, 0.2) is 11.5 Å². The Morgan fingerprint density at radius 3 is 2.22 bits per heavy atom. The number of phenolic OH excluding ortho intramolecular Hbond substituents is 1. The molecule has 0 unspecified atom stereocenters. The molecule has 0 aliphatic heterocycles. The van der Waals surface area contributed by atoms with E-state index in [1.807, 2.05) is 60.7 Å². The molecule has 0 aliphatic rings. The lowest BCUT2D eigenvalue weighted by Gasteiger charge is -2.09. The van der Waals surface area contributed by atoms with Gasteiger partial charge < -0.3 is 9.84 Å². The number of phenols is 1. The number of halogens is 1. The maximum atomic E-state index is 10.4. The molecule has 32 heavy (non-hydrogen) atoms. The maximum absolute atomic E-state index is 10.4. The molecule has 0 atom stereocenters. The molecular weight excluding hydrogens is 504 g/mol. The van der Waals surface area contributed by atoms with Gasteiger partial charge in [-0.25, -0.2) is 4.98 Å². The number of hydrogen-bond acceptors (Lipinski definition) is 6. The molecule has 4 rings (SSSR count). The summed E-state index contributed by atoms with van der Waals surface area (Å²) in [5.41, 5.74) is 1.27. The third-order valence-corrected chi connectivity index (χ3v) is 6.77. The summed E-state index contributed by atoms with van der Waals surface area (Å²) >= 11 is 6.60. The van der Waals surface area contributed by atoms with E-state index in [1.54, 1.807) is 41.9 Å². The number of pyridine rings is 1. The minimum Gasteiger partial charge on any atom is -0.504 e. The zero-order chi connectivity index (χ0) is 22.3. The van der Waals surface area contributed by atoms with Gasteiger partial charge in [0.25, 0.3) is 0 Å². The second-order valence-corrected chi connectivity index (χ2v) is 9.68. The molecule has 3 aromatic carbocycles. The molecule has 0 aliphatic carbocycles. The summed E-state index contributed by atoms with van der Waals surface area (Å²) in [5, 5.41) is 12.1. The number of methoxy groups -OCH3 is 1. The number of aromatic nitrogens is 1. The predicted molar refractivity (Wildman–Crippen MR) is 135 cm³/mol. The fraction of sp³-hybridized carbons (Fsp3) is 0.0400. The fourth-order valence-corrected chi connectivity index (χ4v) is 5.05. The number of aromatic hydroxyl groups is 1. The summed E-state index contributed by atoms with van der Waals surface area (Å²) in [4.78, 5) is 11.7. The third kappa shape index (κ3) is 5.73. The Morgan fingerprint density at radius 2 is 1.56 bits per heavy atom. The number of ether oxygens (including phenoxy) is 1. The first-order valence-electron chi connectivity index (χ1n) is 9.70. The van der Waals surface area contributed by atoms with Gasteiger partial charge in [-0.15, -0.1) is 0 Å². The zero-order valence-electron chi connectivity index (χ0n) is 17.1. The van der Waals surface area contributed by atoms with Crippen molar-refractivity contribution in [3.8, 4) is 11.5 Å². The minimum absolute atomic E-state index is 0.0425. The maximum Gasteiger partial charge on any atom is 0.166 e. The summed E-state index contributed by atoms with van der Waals surface area (Å²) in [6.07, 6.45) is 1.62. The molecule has 0 saturated heterocycles. The van der Waals surface area contributed by atoms with Gasteiger partial charge in [0.05, 0.1) is 12.8 Å². The van der Waals surface area contributed by atoms with Crippen LogP contribution in [-0.2, 0) is 0 Å². The highest BCUT2D eigenvalue weighted by Gasteiger charge is 2.11. The Balaban J connectivity index is 1.69. The van der Waals surface area contributed by atoms with Crippen molar-refractivity contribution in [1.29, 1.82) is 0 Å². The Kier molecular flexibility index (Phi) is 7.52. The Labute approximate surface area is 203 Å². The highest BCUT2D eigenvalue weighted by Crippen LogP contribution is 2.37. The van der Waals surface area contributed by atoms with E-state index in [1.165, 1.54) is 7.11 Å². The first-order chi connectivity index (χ1) is 15.6. The highest BCUT2D eigenvalue weighted by atomic mass is 79.9. The van der Waals surface area contributed by atoms with Crippen molar-refractivity contribution >= 4 is 51.4 Å². The van der Waals surface area contributed by atoms with E-state index in [4.69, 9.17) is 9.72 Å². The number of benzene rings is 3. The lowest BCUT2D eigenvalue weighted by molar-refractivity contribution is 0.373. The van der Waals surface area contributed by atoms with Crippen molar-refractivity contribution in [2.45, 2.75) is 19.8 Å². The van der Waals surface area contributed by atoms with Crippen molar-refractivity contribution in [3.63, 3.8) is 0 Å². The van der Waals surface area contributed by atoms with Gasteiger partial charge >= 0.3 is 0 Å². The van der Waals surface area contributed by atoms with Crippen LogP contribution in [0.25, 0.3) is 0 Å². The molecule has 160 valence electrons. The zero-order valence-corrected chi connectivity index (χ0v) is 20.3. The van der Waals surface area contributed by atoms with Crippen LogP contribution < -0.4 is 4.74 Å².